The molecule has 0 radical (unpaired) electrons. The van der Waals surface area contributed by atoms with Gasteiger partial charge in [0.1, 0.15) is 24.1 Å². The second-order valence-corrected chi connectivity index (χ2v) is 14.6. The van der Waals surface area contributed by atoms with Crippen LogP contribution in [0.3, 0.4) is 0 Å². The summed E-state index contributed by atoms with van der Waals surface area (Å²) < 4.78 is 25.7. The molecule has 2 amide bonds. The van der Waals surface area contributed by atoms with Crippen molar-refractivity contribution in [3.8, 4) is 17.6 Å². The van der Waals surface area contributed by atoms with Crippen molar-refractivity contribution in [1.82, 2.24) is 10.2 Å². The van der Waals surface area contributed by atoms with E-state index in [0.29, 0.717) is 54.3 Å². The lowest BCUT2D eigenvalue weighted by Crippen LogP contribution is -2.70. The molecular weight excluding hydrogens is 745 g/mol. The molecule has 1 heterocycles. The first-order valence-electron chi connectivity index (χ1n) is 20.5. The van der Waals surface area contributed by atoms with Crippen molar-refractivity contribution < 1.29 is 48.7 Å². The van der Waals surface area contributed by atoms with Crippen LogP contribution in [-0.4, -0.2) is 109 Å². The van der Waals surface area contributed by atoms with Crippen molar-refractivity contribution in [2.24, 2.45) is 22.9 Å². The molecule has 0 unspecified atom stereocenters. The Morgan fingerprint density at radius 1 is 1.05 bits per heavy atom. The van der Waals surface area contributed by atoms with E-state index in [0.717, 1.165) is 36.8 Å². The monoisotopic (exact) mass is 802 g/mol. The van der Waals surface area contributed by atoms with Crippen LogP contribution in [0.1, 0.15) is 86.2 Å². The van der Waals surface area contributed by atoms with Crippen molar-refractivity contribution in [2.75, 3.05) is 59.3 Å². The number of rotatable bonds is 22. The highest BCUT2D eigenvalue weighted by molar-refractivity contribution is 6.03. The first-order chi connectivity index (χ1) is 28.3. The fourth-order valence-corrected chi connectivity index (χ4v) is 8.72. The van der Waals surface area contributed by atoms with Gasteiger partial charge in [0.2, 0.25) is 5.79 Å². The molecule has 1 saturated carbocycles. The van der Waals surface area contributed by atoms with Crippen LogP contribution < -0.4 is 14.8 Å². The van der Waals surface area contributed by atoms with Gasteiger partial charge in [0, 0.05) is 49.8 Å². The van der Waals surface area contributed by atoms with Gasteiger partial charge in [-0.1, -0.05) is 30.1 Å². The van der Waals surface area contributed by atoms with E-state index in [4.69, 9.17) is 28.9 Å². The summed E-state index contributed by atoms with van der Waals surface area (Å²) in [5.41, 5.74) is 3.07. The van der Waals surface area contributed by atoms with Crippen molar-refractivity contribution in [2.45, 2.75) is 76.5 Å². The zero-order valence-electron chi connectivity index (χ0n) is 33.6. The molecule has 14 heteroatoms. The van der Waals surface area contributed by atoms with Crippen LogP contribution in [0.5, 0.6) is 11.5 Å². The molecule has 3 aliphatic rings. The summed E-state index contributed by atoms with van der Waals surface area (Å²) in [6.45, 7) is 8.61. The number of allylic oxidation sites excluding steroid dienone is 1. The van der Waals surface area contributed by atoms with E-state index in [1.807, 2.05) is 19.9 Å². The van der Waals surface area contributed by atoms with E-state index in [2.05, 4.69) is 24.0 Å². The molecule has 14 nitrogen and oxygen atoms in total. The maximum absolute atomic E-state index is 14.9. The molecule has 2 aromatic rings. The fourth-order valence-electron chi connectivity index (χ4n) is 8.72. The molecule has 58 heavy (non-hydrogen) atoms. The van der Waals surface area contributed by atoms with Gasteiger partial charge in [-0.15, -0.1) is 6.58 Å². The predicted octanol–water partition coefficient (Wildman–Crippen LogP) is 5.47. The minimum absolute atomic E-state index is 0.0177. The lowest BCUT2D eigenvalue weighted by molar-refractivity contribution is -0.254. The lowest BCUT2D eigenvalue weighted by atomic mass is 9.55. The Labute approximate surface area is 341 Å². The van der Waals surface area contributed by atoms with Gasteiger partial charge in [-0.05, 0) is 99.4 Å². The molecule has 2 aliphatic carbocycles. The highest BCUT2D eigenvalue weighted by Crippen LogP contribution is 2.62. The standard InChI is InChI=1S/C44H58N4O10/c1-4-23-55-44-39(48(19-24-54-25-22-51)42(52)31-15-13-30(29-45)14-16-31)28-37(47-56-6-3)35-26-32(11-7-9-20-49)34(12-8-10-21-50)40(41(35)44)36-27-33(17-18-38(36)58-44)57-43(53)46-5-2/h4,13-18,26-27,32,34,39-41,49-51H,1,5-12,19-25,28H2,2-3H3,(H,46,53)/t32-,34+,39-,40+,41+,44+/m0/s1. The number of ether oxygens (including phenoxy) is 4. The van der Waals surface area contributed by atoms with E-state index < -0.39 is 23.8 Å². The molecule has 0 aromatic heterocycles. The molecule has 6 atom stereocenters. The van der Waals surface area contributed by atoms with Gasteiger partial charge in [0.15, 0.2) is 0 Å². The third-order valence-electron chi connectivity index (χ3n) is 11.1. The van der Waals surface area contributed by atoms with E-state index in [1.165, 1.54) is 0 Å². The SMILES string of the molecule is C=CCO[C@@]12Oc3ccc(OC(=O)NCC)cc3[C@H]3[C@H](CCCCO)[C@@H](CCCCO)C=C(C(=NOCC)C[C@@H]1N(CCOCCO)C(=O)c1ccc(C#N)cc1)[C@H]32. The highest BCUT2D eigenvalue weighted by Gasteiger charge is 2.65. The minimum Gasteiger partial charge on any atom is -0.459 e. The van der Waals surface area contributed by atoms with Crippen molar-refractivity contribution in [3.63, 3.8) is 0 Å². The Morgan fingerprint density at radius 3 is 2.48 bits per heavy atom. The Bertz CT molecular complexity index is 1790. The summed E-state index contributed by atoms with van der Waals surface area (Å²) in [5, 5.41) is 46.1. The number of fused-ring (bicyclic) bond motifs is 2. The Hall–Kier alpha value is -4.78. The third kappa shape index (κ3) is 10.1. The number of hydrogen-bond donors (Lipinski definition) is 4. The number of carbonyl (C=O) groups excluding carboxylic acids is 2. The molecule has 1 fully saturated rings. The third-order valence-corrected chi connectivity index (χ3v) is 11.1. The summed E-state index contributed by atoms with van der Waals surface area (Å²) in [6, 6.07) is 13.0. The summed E-state index contributed by atoms with van der Waals surface area (Å²) >= 11 is 0. The zero-order chi connectivity index (χ0) is 41.5. The number of amides is 2. The van der Waals surface area contributed by atoms with Crippen LogP contribution in [0.15, 0.2) is 71.9 Å². The van der Waals surface area contributed by atoms with E-state index in [1.54, 1.807) is 47.4 Å². The number of carbonyl (C=O) groups is 2. The Morgan fingerprint density at radius 2 is 1.81 bits per heavy atom. The normalized spacial score (nSPS) is 23.7. The van der Waals surface area contributed by atoms with Gasteiger partial charge in [-0.2, -0.15) is 5.26 Å². The number of hydrogen-bond acceptors (Lipinski definition) is 12. The molecule has 0 saturated heterocycles. The molecule has 0 spiro atoms. The molecule has 2 aromatic carbocycles. The minimum atomic E-state index is -1.52. The first kappa shape index (κ1) is 44.3. The number of nitrogens with one attached hydrogen (secondary N) is 1. The number of aliphatic hydroxyl groups is 3. The Kier molecular flexibility index (Phi) is 16.7. The van der Waals surface area contributed by atoms with Crippen LogP contribution in [0.4, 0.5) is 4.79 Å². The number of nitrogens with zero attached hydrogens (tertiary/aromatic N) is 3. The van der Waals surface area contributed by atoms with E-state index in [-0.39, 0.29) is 76.3 Å². The number of oxime groups is 1. The maximum Gasteiger partial charge on any atom is 0.412 e. The quantitative estimate of drug-likeness (QED) is 0.0671. The average Bonchev–Trinajstić information content (AvgIpc) is 3.23. The van der Waals surface area contributed by atoms with Crippen LogP contribution in [0.25, 0.3) is 0 Å². The van der Waals surface area contributed by atoms with Gasteiger partial charge in [0.25, 0.3) is 5.91 Å². The summed E-state index contributed by atoms with van der Waals surface area (Å²) in [6.07, 6.45) is 7.77. The van der Waals surface area contributed by atoms with Gasteiger partial charge >= 0.3 is 6.09 Å². The molecule has 5 rings (SSSR count). The second-order valence-electron chi connectivity index (χ2n) is 14.6. The molecule has 1 aliphatic heterocycles. The van der Waals surface area contributed by atoms with Crippen LogP contribution in [-0.2, 0) is 14.3 Å². The van der Waals surface area contributed by atoms with Crippen molar-refractivity contribution >= 4 is 17.7 Å². The van der Waals surface area contributed by atoms with Crippen molar-refractivity contribution in [3.05, 3.63) is 83.5 Å². The number of aliphatic hydroxyl groups excluding tert-OH is 3. The number of unbranched alkanes of at least 4 members (excludes halogenated alkanes) is 2. The van der Waals surface area contributed by atoms with E-state index >= 15 is 0 Å². The van der Waals surface area contributed by atoms with Gasteiger partial charge in [0.05, 0.1) is 49.7 Å². The smallest absolute Gasteiger partial charge is 0.412 e. The molecule has 4 N–H and O–H groups in total. The predicted molar refractivity (Wildman–Crippen MR) is 216 cm³/mol. The summed E-state index contributed by atoms with van der Waals surface area (Å²) in [7, 11) is 0. The average molecular weight is 803 g/mol. The summed E-state index contributed by atoms with van der Waals surface area (Å²) in [4.78, 5) is 35.0. The van der Waals surface area contributed by atoms with Crippen LogP contribution >= 0.6 is 0 Å². The summed E-state index contributed by atoms with van der Waals surface area (Å²) in [5.74, 6) is -1.93. The molecule has 0 bridgehead atoms. The number of nitriles is 1. The van der Waals surface area contributed by atoms with Crippen LogP contribution in [0, 0.1) is 29.1 Å². The van der Waals surface area contributed by atoms with Crippen molar-refractivity contribution in [1.29, 1.82) is 5.26 Å². The Balaban J connectivity index is 1.79. The zero-order valence-corrected chi connectivity index (χ0v) is 33.6. The second kappa shape index (κ2) is 21.8. The molecular formula is C44H58N4O10. The van der Waals surface area contributed by atoms with E-state index in [9.17, 15) is 30.2 Å². The maximum atomic E-state index is 14.9. The van der Waals surface area contributed by atoms with Crippen LogP contribution in [0.2, 0.25) is 0 Å². The van der Waals surface area contributed by atoms with Gasteiger partial charge in [-0.25, -0.2) is 4.79 Å². The molecule has 314 valence electrons. The lowest BCUT2D eigenvalue weighted by Gasteiger charge is -2.60. The van der Waals surface area contributed by atoms with Gasteiger partial charge in [-0.3, -0.25) is 4.79 Å². The highest BCUT2D eigenvalue weighted by atomic mass is 16.7. The number of benzene rings is 2. The topological polar surface area (TPSA) is 192 Å². The largest absolute Gasteiger partial charge is 0.459 e. The van der Waals surface area contributed by atoms with Gasteiger partial charge < -0.3 is 49.3 Å². The first-order valence-corrected chi connectivity index (χ1v) is 20.5. The fraction of sp³-hybridized carbons (Fsp3) is 0.545.